The van der Waals surface area contributed by atoms with Crippen molar-refractivity contribution in [1.82, 2.24) is 10.2 Å². The number of alkyl halides is 3. The van der Waals surface area contributed by atoms with E-state index in [4.69, 9.17) is 11.6 Å². The zero-order chi connectivity index (χ0) is 28.0. The van der Waals surface area contributed by atoms with Gasteiger partial charge in [0.15, 0.2) is 11.6 Å². The van der Waals surface area contributed by atoms with Crippen LogP contribution < -0.4 is 15.5 Å². The van der Waals surface area contributed by atoms with E-state index < -0.39 is 41.6 Å². The number of anilines is 2. The van der Waals surface area contributed by atoms with Crippen molar-refractivity contribution >= 4 is 34.8 Å². The molecule has 0 aromatic heterocycles. The average molecular weight is 563 g/mol. The highest BCUT2D eigenvalue weighted by atomic mass is 35.5. The van der Waals surface area contributed by atoms with Crippen LogP contribution in [0.5, 0.6) is 0 Å². The zero-order valence-corrected chi connectivity index (χ0v) is 21.6. The van der Waals surface area contributed by atoms with Crippen LogP contribution in [0.4, 0.5) is 33.3 Å². The van der Waals surface area contributed by atoms with Gasteiger partial charge in [0.2, 0.25) is 5.91 Å². The Labute approximate surface area is 221 Å². The molecule has 13 heteroatoms. The van der Waals surface area contributed by atoms with Gasteiger partial charge in [-0.1, -0.05) is 17.7 Å². The molecule has 0 radical (unpaired) electrons. The minimum Gasteiger partial charge on any atom is -0.375 e. The van der Waals surface area contributed by atoms with E-state index in [0.29, 0.717) is 30.3 Å². The van der Waals surface area contributed by atoms with Crippen molar-refractivity contribution in [1.29, 1.82) is 0 Å². The topological polar surface area (TPSA) is 73.9 Å². The Morgan fingerprint density at radius 1 is 1.13 bits per heavy atom. The highest BCUT2D eigenvalue weighted by Crippen LogP contribution is 2.32. The second kappa shape index (κ2) is 12.7. The molecule has 1 fully saturated rings. The molecule has 0 aliphatic carbocycles. The number of methoxy groups -OCH3 is 1. The van der Waals surface area contributed by atoms with Crippen LogP contribution in [0.1, 0.15) is 29.3 Å². The molecular formula is C25H28ClF5N4O3. The van der Waals surface area contributed by atoms with Crippen molar-refractivity contribution in [2.45, 2.75) is 32.1 Å². The van der Waals surface area contributed by atoms with Crippen molar-refractivity contribution in [3.63, 3.8) is 0 Å². The van der Waals surface area contributed by atoms with E-state index in [1.807, 2.05) is 11.8 Å². The largest absolute Gasteiger partial charge is 0.390 e. The first-order valence-electron chi connectivity index (χ1n) is 11.8. The lowest BCUT2D eigenvalue weighted by atomic mass is 10.1. The highest BCUT2D eigenvalue weighted by molar-refractivity contribution is 6.31. The highest BCUT2D eigenvalue weighted by Gasteiger charge is 2.31. The maximum atomic E-state index is 14.8. The lowest BCUT2D eigenvalue weighted by molar-refractivity contribution is -0.139. The molecule has 0 spiro atoms. The lowest BCUT2D eigenvalue weighted by Gasteiger charge is -2.41. The van der Waals surface area contributed by atoms with E-state index in [1.54, 1.807) is 11.0 Å². The monoisotopic (exact) mass is 562 g/mol. The molecule has 1 aliphatic heterocycles. The summed E-state index contributed by atoms with van der Waals surface area (Å²) in [5.74, 6) is -4.06. The Bertz CT molecular complexity index is 1160. The molecule has 1 saturated heterocycles. The first-order valence-corrected chi connectivity index (χ1v) is 12.2. The average Bonchev–Trinajstić information content (AvgIpc) is 2.84. The Morgan fingerprint density at radius 3 is 2.53 bits per heavy atom. The van der Waals surface area contributed by atoms with E-state index >= 15 is 0 Å². The number of ether oxygens (including phenoxy) is 1. The standard InChI is InChI=1S/C25H28ClF5N4O3/c1-15-13-35(10-9-34(15)8-7-25(29,30)31)20-11-17(26)4-6-19(20)33-24(37)18-5-3-16(22(27)23(18)28)12-32-21(36)14-38-2/h3-6,11,15H,7-10,12-14H2,1-2H3,(H,32,36)(H,33,37)/t15-/m0/s1. The third-order valence-electron chi connectivity index (χ3n) is 6.15. The number of carbonyl (C=O) groups excluding carboxylic acids is 2. The summed E-state index contributed by atoms with van der Waals surface area (Å²) in [6, 6.07) is 6.74. The van der Waals surface area contributed by atoms with Crippen molar-refractivity contribution in [3.05, 3.63) is 58.1 Å². The van der Waals surface area contributed by atoms with E-state index in [1.165, 1.54) is 25.3 Å². The maximum absolute atomic E-state index is 14.8. The molecule has 1 heterocycles. The van der Waals surface area contributed by atoms with Crippen molar-refractivity contribution < 1.29 is 36.3 Å². The number of carbonyl (C=O) groups is 2. The Balaban J connectivity index is 1.73. The van der Waals surface area contributed by atoms with Crippen molar-refractivity contribution in [2.24, 2.45) is 0 Å². The van der Waals surface area contributed by atoms with Gasteiger partial charge in [-0.05, 0) is 31.2 Å². The summed E-state index contributed by atoms with van der Waals surface area (Å²) in [7, 11) is 1.32. The molecule has 0 unspecified atom stereocenters. The normalized spacial score (nSPS) is 16.4. The van der Waals surface area contributed by atoms with E-state index in [9.17, 15) is 31.5 Å². The molecule has 7 nitrogen and oxygen atoms in total. The molecule has 2 N–H and O–H groups in total. The van der Waals surface area contributed by atoms with Crippen LogP contribution in [0.3, 0.4) is 0 Å². The maximum Gasteiger partial charge on any atom is 0.390 e. The fourth-order valence-electron chi connectivity index (χ4n) is 4.16. The number of nitrogens with zero attached hydrogens (tertiary/aromatic N) is 2. The molecule has 2 aromatic rings. The van der Waals surface area contributed by atoms with Gasteiger partial charge in [-0.2, -0.15) is 13.2 Å². The summed E-state index contributed by atoms with van der Waals surface area (Å²) in [5, 5.41) is 5.32. The van der Waals surface area contributed by atoms with Crippen molar-refractivity contribution in [3.8, 4) is 0 Å². The number of hydrogen-bond donors (Lipinski definition) is 2. The quantitative estimate of drug-likeness (QED) is 0.437. The summed E-state index contributed by atoms with van der Waals surface area (Å²) in [6.45, 7) is 2.26. The van der Waals surface area contributed by atoms with Gasteiger partial charge in [0, 0.05) is 56.5 Å². The zero-order valence-electron chi connectivity index (χ0n) is 20.8. The summed E-state index contributed by atoms with van der Waals surface area (Å²) < 4.78 is 72.0. The molecule has 38 heavy (non-hydrogen) atoms. The SMILES string of the molecule is COCC(=O)NCc1ccc(C(=O)Nc2ccc(Cl)cc2N2CCN(CCC(F)(F)F)[C@@H](C)C2)c(F)c1F. The number of rotatable bonds is 9. The van der Waals surface area contributed by atoms with Crippen LogP contribution in [0.2, 0.25) is 5.02 Å². The Morgan fingerprint density at radius 2 is 1.87 bits per heavy atom. The summed E-state index contributed by atoms with van der Waals surface area (Å²) in [6.07, 6.45) is -5.15. The van der Waals surface area contributed by atoms with E-state index in [0.717, 1.165) is 6.07 Å². The summed E-state index contributed by atoms with van der Waals surface area (Å²) >= 11 is 6.17. The third kappa shape index (κ3) is 7.78. The van der Waals surface area contributed by atoms with Gasteiger partial charge in [0.05, 0.1) is 23.4 Å². The van der Waals surface area contributed by atoms with E-state index in [-0.39, 0.29) is 37.0 Å². The predicted molar refractivity (Wildman–Crippen MR) is 133 cm³/mol. The fourth-order valence-corrected chi connectivity index (χ4v) is 4.32. The molecule has 3 rings (SSSR count). The first kappa shape index (κ1) is 29.6. The van der Waals surface area contributed by atoms with E-state index in [2.05, 4.69) is 15.4 Å². The molecule has 1 atom stereocenters. The van der Waals surface area contributed by atoms with Crippen LogP contribution in [0.15, 0.2) is 30.3 Å². The van der Waals surface area contributed by atoms with Crippen LogP contribution in [-0.4, -0.2) is 68.8 Å². The fraction of sp³-hybridized carbons (Fsp3) is 0.440. The van der Waals surface area contributed by atoms with Crippen LogP contribution in [-0.2, 0) is 16.1 Å². The number of piperazine rings is 1. The number of benzene rings is 2. The number of amides is 2. The minimum absolute atomic E-state index is 0.117. The Hall–Kier alpha value is -2.96. The summed E-state index contributed by atoms with van der Waals surface area (Å²) in [4.78, 5) is 28.0. The van der Waals surface area contributed by atoms with Gasteiger partial charge in [0.1, 0.15) is 6.61 Å². The van der Waals surface area contributed by atoms with Crippen LogP contribution in [0, 0.1) is 11.6 Å². The summed E-state index contributed by atoms with van der Waals surface area (Å²) in [5.41, 5.74) is 0.103. The van der Waals surface area contributed by atoms with Gasteiger partial charge in [-0.15, -0.1) is 0 Å². The number of hydrogen-bond acceptors (Lipinski definition) is 5. The van der Waals surface area contributed by atoms with Gasteiger partial charge in [-0.25, -0.2) is 8.78 Å². The smallest absolute Gasteiger partial charge is 0.375 e. The molecular weight excluding hydrogens is 535 g/mol. The number of halogens is 6. The molecule has 2 amide bonds. The molecule has 208 valence electrons. The predicted octanol–water partition coefficient (Wildman–Crippen LogP) is 4.60. The Kier molecular flexibility index (Phi) is 9.91. The van der Waals surface area contributed by atoms with Gasteiger partial charge < -0.3 is 20.3 Å². The van der Waals surface area contributed by atoms with Crippen molar-refractivity contribution in [2.75, 3.05) is 50.1 Å². The molecule has 0 bridgehead atoms. The van der Waals surface area contributed by atoms with Crippen LogP contribution in [0.25, 0.3) is 0 Å². The first-order chi connectivity index (χ1) is 17.9. The molecule has 1 aliphatic rings. The second-order valence-electron chi connectivity index (χ2n) is 8.92. The third-order valence-corrected chi connectivity index (χ3v) is 6.39. The second-order valence-corrected chi connectivity index (χ2v) is 9.36. The number of nitrogens with one attached hydrogen (secondary N) is 2. The molecule has 2 aromatic carbocycles. The molecule has 0 saturated carbocycles. The minimum atomic E-state index is -4.24. The van der Waals surface area contributed by atoms with Crippen LogP contribution >= 0.6 is 11.6 Å². The van der Waals surface area contributed by atoms with Gasteiger partial charge in [-0.3, -0.25) is 14.5 Å². The lowest BCUT2D eigenvalue weighted by Crippen LogP contribution is -2.52. The van der Waals surface area contributed by atoms with Gasteiger partial charge >= 0.3 is 6.18 Å². The van der Waals surface area contributed by atoms with Gasteiger partial charge in [0.25, 0.3) is 5.91 Å².